The van der Waals surface area contributed by atoms with Crippen LogP contribution in [0.4, 0.5) is 0 Å². The van der Waals surface area contributed by atoms with Crippen molar-refractivity contribution in [2.45, 2.75) is 12.7 Å². The number of ether oxygens (including phenoxy) is 3. The summed E-state index contributed by atoms with van der Waals surface area (Å²) in [5.74, 6) is 2.11. The van der Waals surface area contributed by atoms with E-state index in [2.05, 4.69) is 16.4 Å². The Bertz CT molecular complexity index is 1110. The molecule has 1 aromatic heterocycles. The molecule has 4 rings (SSSR count). The molecule has 0 saturated heterocycles. The highest BCUT2D eigenvalue weighted by molar-refractivity contribution is 6.10. The molecule has 0 aliphatic rings. The monoisotopic (exact) mass is 406 g/mol. The van der Waals surface area contributed by atoms with Gasteiger partial charge in [-0.3, -0.25) is 0 Å². The molecule has 0 unspecified atom stereocenters. The number of hydrogen-bond donors (Lipinski definition) is 3. The summed E-state index contributed by atoms with van der Waals surface area (Å²) < 4.78 is 16.8. The fourth-order valence-electron chi connectivity index (χ4n) is 3.49. The van der Waals surface area contributed by atoms with Crippen LogP contribution in [0.2, 0.25) is 0 Å². The van der Waals surface area contributed by atoms with Gasteiger partial charge >= 0.3 is 0 Å². The molecule has 0 aliphatic carbocycles. The van der Waals surface area contributed by atoms with Crippen LogP contribution in [0.15, 0.2) is 66.7 Å². The van der Waals surface area contributed by atoms with Crippen molar-refractivity contribution in [1.82, 2.24) is 10.3 Å². The molecule has 0 fully saturated rings. The van der Waals surface area contributed by atoms with Crippen molar-refractivity contribution in [2.24, 2.45) is 0 Å². The molecule has 156 valence electrons. The van der Waals surface area contributed by atoms with Gasteiger partial charge in [0.15, 0.2) is 17.8 Å². The minimum Gasteiger partial charge on any atom is -0.493 e. The summed E-state index contributed by atoms with van der Waals surface area (Å²) >= 11 is 0. The standard InChI is InChI=1S/C24H26N2O4/c1-28-20-10-4-5-11-21(20)29-16-15-25-14-13-23(27)30-22-12-6-9-19-24(22)17-7-2-3-8-18(17)26-19/h2-12,23,25-27H,13-16H2,1H3/t23-/m1/s1. The van der Waals surface area contributed by atoms with Gasteiger partial charge < -0.3 is 29.6 Å². The Morgan fingerprint density at radius 2 is 1.60 bits per heavy atom. The predicted molar refractivity (Wildman–Crippen MR) is 118 cm³/mol. The number of aromatic nitrogens is 1. The van der Waals surface area contributed by atoms with E-state index in [1.54, 1.807) is 7.11 Å². The molecule has 0 aliphatic heterocycles. The molecule has 6 nitrogen and oxygen atoms in total. The van der Waals surface area contributed by atoms with E-state index in [-0.39, 0.29) is 0 Å². The Hall–Kier alpha value is -3.22. The van der Waals surface area contributed by atoms with E-state index in [1.807, 2.05) is 60.7 Å². The number of H-pyrrole nitrogens is 1. The van der Waals surface area contributed by atoms with Crippen LogP contribution < -0.4 is 19.5 Å². The smallest absolute Gasteiger partial charge is 0.198 e. The molecule has 0 saturated carbocycles. The number of aliphatic hydroxyl groups is 1. The Kier molecular flexibility index (Phi) is 6.37. The molecule has 0 spiro atoms. The Morgan fingerprint density at radius 1 is 0.867 bits per heavy atom. The second-order valence-electron chi connectivity index (χ2n) is 6.96. The molecular weight excluding hydrogens is 380 g/mol. The first kappa shape index (κ1) is 20.1. The van der Waals surface area contributed by atoms with E-state index < -0.39 is 6.29 Å². The molecule has 4 aromatic rings. The van der Waals surface area contributed by atoms with Crippen LogP contribution >= 0.6 is 0 Å². The Labute approximate surface area is 175 Å². The number of hydrogen-bond acceptors (Lipinski definition) is 5. The second-order valence-corrected chi connectivity index (χ2v) is 6.96. The first-order valence-electron chi connectivity index (χ1n) is 10.1. The highest BCUT2D eigenvalue weighted by Gasteiger charge is 2.12. The van der Waals surface area contributed by atoms with Gasteiger partial charge in [-0.2, -0.15) is 0 Å². The molecule has 1 atom stereocenters. The summed E-state index contributed by atoms with van der Waals surface area (Å²) in [6, 6.07) is 21.5. The lowest BCUT2D eigenvalue weighted by atomic mass is 10.1. The maximum Gasteiger partial charge on any atom is 0.198 e. The average molecular weight is 406 g/mol. The van der Waals surface area contributed by atoms with E-state index in [4.69, 9.17) is 14.2 Å². The van der Waals surface area contributed by atoms with Crippen molar-refractivity contribution < 1.29 is 19.3 Å². The number of aliphatic hydroxyl groups excluding tert-OH is 1. The van der Waals surface area contributed by atoms with E-state index in [0.29, 0.717) is 37.6 Å². The lowest BCUT2D eigenvalue weighted by molar-refractivity contribution is -0.0213. The zero-order valence-electron chi connectivity index (χ0n) is 16.9. The van der Waals surface area contributed by atoms with Crippen molar-refractivity contribution in [3.63, 3.8) is 0 Å². The fourth-order valence-corrected chi connectivity index (χ4v) is 3.49. The molecule has 3 N–H and O–H groups in total. The third-order valence-electron chi connectivity index (χ3n) is 4.93. The van der Waals surface area contributed by atoms with Gasteiger partial charge in [0.1, 0.15) is 12.4 Å². The van der Waals surface area contributed by atoms with Crippen molar-refractivity contribution >= 4 is 21.8 Å². The molecule has 30 heavy (non-hydrogen) atoms. The van der Waals surface area contributed by atoms with Gasteiger partial charge in [-0.25, -0.2) is 0 Å². The third kappa shape index (κ3) is 4.50. The van der Waals surface area contributed by atoms with E-state index in [9.17, 15) is 5.11 Å². The molecule has 0 radical (unpaired) electrons. The number of para-hydroxylation sites is 3. The van der Waals surface area contributed by atoms with Crippen LogP contribution in [0.5, 0.6) is 17.2 Å². The minimum absolute atomic E-state index is 0.466. The second kappa shape index (κ2) is 9.52. The molecule has 3 aromatic carbocycles. The van der Waals surface area contributed by atoms with Gasteiger partial charge in [-0.15, -0.1) is 0 Å². The van der Waals surface area contributed by atoms with Crippen LogP contribution in [0.25, 0.3) is 21.8 Å². The number of methoxy groups -OCH3 is 1. The SMILES string of the molecule is COc1ccccc1OCCNCC[C@H](O)Oc1cccc2[nH]c3ccccc3c12. The summed E-state index contributed by atoms with van der Waals surface area (Å²) in [4.78, 5) is 3.38. The summed E-state index contributed by atoms with van der Waals surface area (Å²) in [6.45, 7) is 1.77. The first-order valence-corrected chi connectivity index (χ1v) is 10.1. The van der Waals surface area contributed by atoms with E-state index in [0.717, 1.165) is 27.6 Å². The van der Waals surface area contributed by atoms with Gasteiger partial charge in [-0.05, 0) is 30.3 Å². The molecular formula is C24H26N2O4. The maximum absolute atomic E-state index is 10.4. The normalized spacial score (nSPS) is 12.2. The van der Waals surface area contributed by atoms with Gasteiger partial charge in [0.05, 0.1) is 12.6 Å². The minimum atomic E-state index is -0.896. The lowest BCUT2D eigenvalue weighted by Crippen LogP contribution is -2.27. The van der Waals surface area contributed by atoms with E-state index >= 15 is 0 Å². The maximum atomic E-state index is 10.4. The number of nitrogens with one attached hydrogen (secondary N) is 2. The molecule has 1 heterocycles. The van der Waals surface area contributed by atoms with Gasteiger partial charge in [0.25, 0.3) is 0 Å². The lowest BCUT2D eigenvalue weighted by Gasteiger charge is -2.15. The Morgan fingerprint density at radius 3 is 2.47 bits per heavy atom. The number of aromatic amines is 1. The first-order chi connectivity index (χ1) is 14.8. The van der Waals surface area contributed by atoms with E-state index in [1.165, 1.54) is 0 Å². The predicted octanol–water partition coefficient (Wildman–Crippen LogP) is 4.09. The van der Waals surface area contributed by atoms with Gasteiger partial charge in [0.2, 0.25) is 0 Å². The number of benzene rings is 3. The van der Waals surface area contributed by atoms with Gasteiger partial charge in [-0.1, -0.05) is 36.4 Å². The van der Waals surface area contributed by atoms with Crippen molar-refractivity contribution in [2.75, 3.05) is 26.8 Å². The Balaban J connectivity index is 1.26. The summed E-state index contributed by atoms with van der Waals surface area (Å²) in [5.41, 5.74) is 2.04. The molecule has 0 amide bonds. The fraction of sp³-hybridized carbons (Fsp3) is 0.250. The van der Waals surface area contributed by atoms with Crippen LogP contribution in [0.1, 0.15) is 6.42 Å². The topological polar surface area (TPSA) is 75.7 Å². The average Bonchev–Trinajstić information content (AvgIpc) is 3.16. The largest absolute Gasteiger partial charge is 0.493 e. The van der Waals surface area contributed by atoms with Gasteiger partial charge in [0, 0.05) is 35.8 Å². The van der Waals surface area contributed by atoms with Crippen LogP contribution in [0.3, 0.4) is 0 Å². The van der Waals surface area contributed by atoms with Crippen molar-refractivity contribution in [1.29, 1.82) is 0 Å². The van der Waals surface area contributed by atoms with Crippen molar-refractivity contribution in [3.8, 4) is 17.2 Å². The third-order valence-corrected chi connectivity index (χ3v) is 4.93. The summed E-state index contributed by atoms with van der Waals surface area (Å²) in [6.07, 6.45) is -0.431. The quantitative estimate of drug-likeness (QED) is 0.273. The highest BCUT2D eigenvalue weighted by Crippen LogP contribution is 2.33. The van der Waals surface area contributed by atoms with Crippen LogP contribution in [0, 0.1) is 0 Å². The van der Waals surface area contributed by atoms with Crippen LogP contribution in [-0.4, -0.2) is 43.2 Å². The van der Waals surface area contributed by atoms with Crippen molar-refractivity contribution in [3.05, 3.63) is 66.7 Å². The zero-order valence-corrected chi connectivity index (χ0v) is 16.9. The number of rotatable bonds is 10. The summed E-state index contributed by atoms with van der Waals surface area (Å²) in [5, 5.41) is 15.7. The summed E-state index contributed by atoms with van der Waals surface area (Å²) in [7, 11) is 1.62. The highest BCUT2D eigenvalue weighted by atomic mass is 16.6. The molecule has 0 bridgehead atoms. The molecule has 6 heteroatoms. The van der Waals surface area contributed by atoms with Crippen LogP contribution in [-0.2, 0) is 0 Å². The number of fused-ring (bicyclic) bond motifs is 3. The zero-order chi connectivity index (χ0) is 20.8.